The van der Waals surface area contributed by atoms with Crippen molar-refractivity contribution in [2.24, 2.45) is 0 Å². The molecule has 11 nitrogen and oxygen atoms in total. The Balaban J connectivity index is -0.000000240. The Morgan fingerprint density at radius 2 is 1.50 bits per heavy atom. The molecule has 104 valence electrons. The summed E-state index contributed by atoms with van der Waals surface area (Å²) < 4.78 is 27.3. The molecule has 16 heavy (non-hydrogen) atoms. The predicted octanol–water partition coefficient (Wildman–Crippen LogP) is -1.17. The van der Waals surface area contributed by atoms with E-state index in [0.29, 0.717) is 0 Å². The molecule has 0 aliphatic carbocycles. The van der Waals surface area contributed by atoms with Crippen LogP contribution in [0.4, 0.5) is 0 Å². The third kappa shape index (κ3) is 16.5. The molecule has 0 aromatic rings. The normalized spacial score (nSPS) is 13.8. The van der Waals surface area contributed by atoms with Crippen molar-refractivity contribution >= 4 is 15.6 Å². The van der Waals surface area contributed by atoms with Crippen molar-refractivity contribution in [2.45, 2.75) is 6.42 Å². The van der Waals surface area contributed by atoms with Crippen molar-refractivity contribution in [3.05, 3.63) is 0 Å². The van der Waals surface area contributed by atoms with E-state index in [4.69, 9.17) is 5.11 Å². The number of quaternary nitrogens is 3. The van der Waals surface area contributed by atoms with Gasteiger partial charge in [0.2, 0.25) is 0 Å². The van der Waals surface area contributed by atoms with E-state index in [1.165, 1.54) is 0 Å². The molecule has 0 aromatic heterocycles. The number of rotatable bonds is 6. The average molecular weight is 287 g/mol. The third-order valence-electron chi connectivity index (χ3n) is 0.752. The highest BCUT2D eigenvalue weighted by Gasteiger charge is 2.10. The Bertz CT molecular complexity index is 243. The molecule has 0 heterocycles. The van der Waals surface area contributed by atoms with E-state index in [2.05, 4.69) is 8.83 Å². The van der Waals surface area contributed by atoms with Crippen LogP contribution < -0.4 is 33.1 Å². The van der Waals surface area contributed by atoms with E-state index in [1.54, 1.807) is 0 Å². The second kappa shape index (κ2) is 10.3. The summed E-state index contributed by atoms with van der Waals surface area (Å²) >= 11 is 0. The monoisotopic (exact) mass is 287 g/mol. The van der Waals surface area contributed by atoms with E-state index in [9.17, 15) is 23.8 Å². The summed E-state index contributed by atoms with van der Waals surface area (Å²) in [5, 5.41) is 8.20. The van der Waals surface area contributed by atoms with Gasteiger partial charge in [0.15, 0.2) is 0 Å². The molecule has 0 amide bonds. The minimum atomic E-state index is -5.60. The minimum Gasteiger partial charge on any atom is -0.790 e. The predicted molar refractivity (Wildman–Crippen MR) is 51.9 cm³/mol. The zero-order valence-corrected chi connectivity index (χ0v) is 11.1. The summed E-state index contributed by atoms with van der Waals surface area (Å²) in [6.45, 7) is -0.774. The van der Waals surface area contributed by atoms with Crippen molar-refractivity contribution in [3.8, 4) is 0 Å². The lowest BCUT2D eigenvalue weighted by Gasteiger charge is -2.34. The Labute approximate surface area is 92.4 Å². The highest BCUT2D eigenvalue weighted by Crippen LogP contribution is 2.50. The van der Waals surface area contributed by atoms with Crippen LogP contribution in [0.25, 0.3) is 0 Å². The SMILES string of the molecule is O=P([O-])([O-])OP(=O)([O-])OCCCO.[NH4+].[NH4+].[NH4+]. The molecule has 1 unspecified atom stereocenters. The van der Waals surface area contributed by atoms with E-state index >= 15 is 0 Å². The Hall–Kier alpha value is 0.1000. The van der Waals surface area contributed by atoms with Crippen LogP contribution in [0.1, 0.15) is 6.42 Å². The molecule has 0 aliphatic heterocycles. The van der Waals surface area contributed by atoms with Crippen LogP contribution >= 0.6 is 15.6 Å². The number of phosphoric ester groups is 1. The molecule has 0 spiro atoms. The van der Waals surface area contributed by atoms with Crippen molar-refractivity contribution in [1.29, 1.82) is 0 Å². The first-order chi connectivity index (χ1) is 5.77. The van der Waals surface area contributed by atoms with Gasteiger partial charge >= 0.3 is 0 Å². The van der Waals surface area contributed by atoms with Gasteiger partial charge in [-0.3, -0.25) is 8.88 Å². The zero-order chi connectivity index (χ0) is 10.5. The van der Waals surface area contributed by atoms with E-state index < -0.39 is 22.3 Å². The van der Waals surface area contributed by atoms with Crippen LogP contribution in [0.5, 0.6) is 0 Å². The van der Waals surface area contributed by atoms with E-state index in [1.807, 2.05) is 0 Å². The van der Waals surface area contributed by atoms with Crippen LogP contribution in [0.3, 0.4) is 0 Å². The lowest BCUT2D eigenvalue weighted by atomic mass is 10.5. The Morgan fingerprint density at radius 3 is 1.81 bits per heavy atom. The topological polar surface area (TPSA) is 252 Å². The summed E-state index contributed by atoms with van der Waals surface area (Å²) in [7, 11) is -10.7. The van der Waals surface area contributed by atoms with Crippen molar-refractivity contribution in [1.82, 2.24) is 18.5 Å². The smallest absolute Gasteiger partial charge is 0.271 e. The maximum atomic E-state index is 10.5. The maximum absolute atomic E-state index is 10.5. The zero-order valence-electron chi connectivity index (χ0n) is 9.32. The summed E-state index contributed by atoms with van der Waals surface area (Å²) in [5.74, 6) is 0. The number of hydrogen-bond acceptors (Lipinski definition) is 8. The van der Waals surface area contributed by atoms with Gasteiger partial charge in [0, 0.05) is 6.61 Å². The fourth-order valence-electron chi connectivity index (χ4n) is 0.387. The lowest BCUT2D eigenvalue weighted by molar-refractivity contribution is -0.339. The van der Waals surface area contributed by atoms with Crippen LogP contribution in [-0.4, -0.2) is 18.3 Å². The molecule has 0 bridgehead atoms. The summed E-state index contributed by atoms with van der Waals surface area (Å²) in [4.78, 5) is 30.1. The fraction of sp³-hybridized carbons (Fsp3) is 1.00. The molecule has 0 aromatic carbocycles. The first-order valence-corrected chi connectivity index (χ1v) is 5.99. The molecule has 1 atom stereocenters. The third-order valence-corrected chi connectivity index (χ3v) is 2.85. The number of aliphatic hydroxyl groups is 1. The fourth-order valence-corrected chi connectivity index (χ4v) is 1.91. The molecular weight excluding hydrogens is 268 g/mol. The Morgan fingerprint density at radius 1 is 1.06 bits per heavy atom. The Kier molecular flexibility index (Phi) is 16.1. The molecular formula is C3H19N3O8P2. The second-order valence-electron chi connectivity index (χ2n) is 1.89. The molecule has 0 saturated carbocycles. The highest BCUT2D eigenvalue weighted by molar-refractivity contribution is 7.58. The van der Waals surface area contributed by atoms with E-state index in [-0.39, 0.29) is 31.5 Å². The molecule has 13 heteroatoms. The highest BCUT2D eigenvalue weighted by atomic mass is 31.3. The van der Waals surface area contributed by atoms with Crippen LogP contribution in [0, 0.1) is 0 Å². The van der Waals surface area contributed by atoms with Crippen LogP contribution in [-0.2, 0) is 18.0 Å². The molecule has 0 rings (SSSR count). The molecule has 0 aliphatic rings. The molecule has 0 radical (unpaired) electrons. The maximum Gasteiger partial charge on any atom is 0.271 e. The van der Waals surface area contributed by atoms with Gasteiger partial charge < -0.3 is 47.3 Å². The van der Waals surface area contributed by atoms with Gasteiger partial charge in [-0.2, -0.15) is 0 Å². The first-order valence-electron chi connectivity index (χ1n) is 3.07. The summed E-state index contributed by atoms with van der Waals surface area (Å²) in [6, 6.07) is 0. The summed E-state index contributed by atoms with van der Waals surface area (Å²) in [6.07, 6.45) is -0.0163. The standard InChI is InChI=1S/C3H10O8P2.3H3N/c4-2-1-3-10-13(8,9)11-12(5,6)7;;;/h4H,1-3H2,(H,8,9)(H2,5,6,7);3*1H3. The summed E-state index contributed by atoms with van der Waals surface area (Å²) in [5.41, 5.74) is 0. The van der Waals surface area contributed by atoms with Gasteiger partial charge in [-0.15, -0.1) is 0 Å². The van der Waals surface area contributed by atoms with Gasteiger partial charge in [0.25, 0.3) is 7.82 Å². The van der Waals surface area contributed by atoms with Crippen LogP contribution in [0.2, 0.25) is 0 Å². The largest absolute Gasteiger partial charge is 0.790 e. The molecule has 0 saturated heterocycles. The quantitative estimate of drug-likeness (QED) is 0.340. The first kappa shape index (κ1) is 25.1. The number of phosphoric acid groups is 2. The number of hydrogen-bond donors (Lipinski definition) is 4. The van der Waals surface area contributed by atoms with Crippen molar-refractivity contribution in [3.63, 3.8) is 0 Å². The minimum absolute atomic E-state index is 0. The molecule has 0 fully saturated rings. The van der Waals surface area contributed by atoms with Crippen molar-refractivity contribution < 1.29 is 37.8 Å². The van der Waals surface area contributed by atoms with Gasteiger partial charge in [-0.25, -0.2) is 0 Å². The number of aliphatic hydroxyl groups excluding tert-OH is 1. The van der Waals surface area contributed by atoms with Crippen molar-refractivity contribution in [2.75, 3.05) is 13.2 Å². The van der Waals surface area contributed by atoms with Gasteiger partial charge in [0.05, 0.1) is 14.4 Å². The van der Waals surface area contributed by atoms with Crippen LogP contribution in [0.15, 0.2) is 0 Å². The molecule has 13 N–H and O–H groups in total. The lowest BCUT2D eigenvalue weighted by Crippen LogP contribution is -2.19. The van der Waals surface area contributed by atoms with Gasteiger partial charge in [-0.05, 0) is 6.42 Å². The van der Waals surface area contributed by atoms with Gasteiger partial charge in [-0.1, -0.05) is 0 Å². The second-order valence-corrected chi connectivity index (χ2v) is 4.59. The van der Waals surface area contributed by atoms with Gasteiger partial charge in [0.1, 0.15) is 0 Å². The average Bonchev–Trinajstić information content (AvgIpc) is 1.81. The van der Waals surface area contributed by atoms with E-state index in [0.717, 1.165) is 0 Å².